The minimum atomic E-state index is 0.464. The van der Waals surface area contributed by atoms with Crippen LogP contribution < -0.4 is 4.74 Å². The normalized spacial score (nSPS) is 10.4. The second-order valence-corrected chi connectivity index (χ2v) is 5.55. The van der Waals surface area contributed by atoms with Crippen molar-refractivity contribution in [2.75, 3.05) is 0 Å². The van der Waals surface area contributed by atoms with E-state index in [0.717, 1.165) is 12.2 Å². The van der Waals surface area contributed by atoms with Gasteiger partial charge in [-0.3, -0.25) is 0 Å². The first-order valence-electron chi connectivity index (χ1n) is 6.21. The highest BCUT2D eigenvalue weighted by molar-refractivity contribution is 7.11. The Morgan fingerprint density at radius 2 is 1.65 bits per heavy atom. The predicted octanol–water partition coefficient (Wildman–Crippen LogP) is 5.18. The molecule has 0 unspecified atom stereocenters. The molecular formula is C16H12ClNOS. The van der Waals surface area contributed by atoms with Crippen molar-refractivity contribution in [1.82, 2.24) is 4.98 Å². The molecule has 0 aliphatic rings. The molecule has 4 heteroatoms. The van der Waals surface area contributed by atoms with E-state index in [1.165, 1.54) is 22.5 Å². The fourth-order valence-electron chi connectivity index (χ4n) is 1.89. The molecule has 0 fully saturated rings. The van der Waals surface area contributed by atoms with Crippen molar-refractivity contribution in [2.24, 2.45) is 0 Å². The third-order valence-corrected chi connectivity index (χ3v) is 3.88. The van der Waals surface area contributed by atoms with Gasteiger partial charge in [-0.15, -0.1) is 0 Å². The quantitative estimate of drug-likeness (QED) is 0.662. The predicted molar refractivity (Wildman–Crippen MR) is 82.9 cm³/mol. The van der Waals surface area contributed by atoms with Crippen molar-refractivity contribution >= 4 is 22.9 Å². The smallest absolute Gasteiger partial charge is 0.280 e. The molecule has 0 N–H and O–H groups in total. The molecule has 0 bridgehead atoms. The molecule has 0 spiro atoms. The maximum Gasteiger partial charge on any atom is 0.280 e. The van der Waals surface area contributed by atoms with Gasteiger partial charge in [0.1, 0.15) is 10.9 Å². The van der Waals surface area contributed by atoms with Crippen LogP contribution in [-0.2, 0) is 6.42 Å². The maximum absolute atomic E-state index is 5.76. The summed E-state index contributed by atoms with van der Waals surface area (Å²) in [7, 11) is 0. The number of halogens is 1. The number of hydrogen-bond donors (Lipinski definition) is 0. The highest BCUT2D eigenvalue weighted by Gasteiger charge is 2.03. The molecule has 20 heavy (non-hydrogen) atoms. The van der Waals surface area contributed by atoms with Crippen molar-refractivity contribution in [2.45, 2.75) is 6.42 Å². The van der Waals surface area contributed by atoms with Gasteiger partial charge < -0.3 is 4.74 Å². The van der Waals surface area contributed by atoms with Crippen molar-refractivity contribution in [3.05, 3.63) is 76.3 Å². The first kappa shape index (κ1) is 13.2. The van der Waals surface area contributed by atoms with Crippen LogP contribution in [0.15, 0.2) is 60.0 Å². The summed E-state index contributed by atoms with van der Waals surface area (Å²) in [5.41, 5.74) is 2.55. The zero-order chi connectivity index (χ0) is 13.8. The lowest BCUT2D eigenvalue weighted by atomic mass is 10.1. The Morgan fingerprint density at radius 1 is 0.950 bits per heavy atom. The number of rotatable bonds is 4. The number of ether oxygens (including phenoxy) is 1. The van der Waals surface area contributed by atoms with Crippen LogP contribution in [0.4, 0.5) is 0 Å². The van der Waals surface area contributed by atoms with E-state index in [1.54, 1.807) is 5.38 Å². The summed E-state index contributed by atoms with van der Waals surface area (Å²) >= 11 is 7.15. The highest BCUT2D eigenvalue weighted by atomic mass is 35.5. The van der Waals surface area contributed by atoms with Gasteiger partial charge in [0.15, 0.2) is 0 Å². The van der Waals surface area contributed by atoms with Gasteiger partial charge >= 0.3 is 0 Å². The van der Waals surface area contributed by atoms with Gasteiger partial charge in [-0.2, -0.15) is 4.98 Å². The van der Waals surface area contributed by atoms with Crippen LogP contribution in [-0.4, -0.2) is 4.98 Å². The van der Waals surface area contributed by atoms with Crippen LogP contribution >= 0.6 is 22.9 Å². The number of hydrogen-bond acceptors (Lipinski definition) is 3. The molecule has 1 heterocycles. The van der Waals surface area contributed by atoms with Gasteiger partial charge in [-0.05, 0) is 29.7 Å². The average molecular weight is 302 g/mol. The van der Waals surface area contributed by atoms with E-state index in [1.807, 2.05) is 18.2 Å². The monoisotopic (exact) mass is 301 g/mol. The third-order valence-electron chi connectivity index (χ3n) is 2.83. The largest absolute Gasteiger partial charge is 0.431 e. The Hall–Kier alpha value is -1.84. The number of benzene rings is 2. The summed E-state index contributed by atoms with van der Waals surface area (Å²) in [6, 6.07) is 18.4. The third kappa shape index (κ3) is 3.38. The van der Waals surface area contributed by atoms with Crippen LogP contribution in [0.2, 0.25) is 5.15 Å². The molecule has 3 aromatic rings. The van der Waals surface area contributed by atoms with Gasteiger partial charge in [0.25, 0.3) is 5.19 Å². The minimum absolute atomic E-state index is 0.464. The zero-order valence-corrected chi connectivity index (χ0v) is 12.2. The van der Waals surface area contributed by atoms with Gasteiger partial charge in [-0.1, -0.05) is 65.4 Å². The summed E-state index contributed by atoms with van der Waals surface area (Å²) < 4.78 is 5.63. The second kappa shape index (κ2) is 6.07. The molecule has 2 aromatic carbocycles. The number of nitrogens with zero attached hydrogens (tertiary/aromatic N) is 1. The first-order valence-corrected chi connectivity index (χ1v) is 7.47. The standard InChI is InChI=1S/C16H12ClNOS/c17-15-11-20-16(18-15)19-14-8-6-13(7-9-14)10-12-4-2-1-3-5-12/h1-9,11H,10H2. The lowest BCUT2D eigenvalue weighted by Gasteiger charge is -2.04. The topological polar surface area (TPSA) is 22.1 Å². The van der Waals surface area contributed by atoms with Crippen molar-refractivity contribution < 1.29 is 4.74 Å². The fourth-order valence-corrected chi connectivity index (χ4v) is 2.70. The Balaban J connectivity index is 1.68. The second-order valence-electron chi connectivity index (χ2n) is 4.34. The molecule has 0 atom stereocenters. The maximum atomic E-state index is 5.76. The Labute approximate surface area is 126 Å². The van der Waals surface area contributed by atoms with Crippen LogP contribution in [0.25, 0.3) is 0 Å². The molecule has 0 aliphatic carbocycles. The van der Waals surface area contributed by atoms with Crippen molar-refractivity contribution in [3.8, 4) is 10.9 Å². The molecule has 0 amide bonds. The summed E-state index contributed by atoms with van der Waals surface area (Å²) in [6.45, 7) is 0. The van der Waals surface area contributed by atoms with Crippen LogP contribution in [0.1, 0.15) is 11.1 Å². The SMILES string of the molecule is Clc1csc(Oc2ccc(Cc3ccccc3)cc2)n1. The molecule has 2 nitrogen and oxygen atoms in total. The average Bonchev–Trinajstić information content (AvgIpc) is 2.88. The number of aromatic nitrogens is 1. The van der Waals surface area contributed by atoms with Gasteiger partial charge in [-0.25, -0.2) is 0 Å². The summed E-state index contributed by atoms with van der Waals surface area (Å²) in [5, 5.41) is 2.78. The van der Waals surface area contributed by atoms with Crippen LogP contribution in [0.5, 0.6) is 10.9 Å². The lowest BCUT2D eigenvalue weighted by molar-refractivity contribution is 0.479. The molecule has 0 radical (unpaired) electrons. The van der Waals surface area contributed by atoms with Crippen molar-refractivity contribution in [1.29, 1.82) is 0 Å². The van der Waals surface area contributed by atoms with E-state index in [0.29, 0.717) is 10.3 Å². The molecule has 1 aromatic heterocycles. The molecule has 0 aliphatic heterocycles. The van der Waals surface area contributed by atoms with E-state index in [4.69, 9.17) is 16.3 Å². The molecule has 100 valence electrons. The van der Waals surface area contributed by atoms with E-state index >= 15 is 0 Å². The molecule has 0 saturated carbocycles. The van der Waals surface area contributed by atoms with E-state index < -0.39 is 0 Å². The van der Waals surface area contributed by atoms with Crippen LogP contribution in [0.3, 0.4) is 0 Å². The van der Waals surface area contributed by atoms with Crippen LogP contribution in [0, 0.1) is 0 Å². The fraction of sp³-hybridized carbons (Fsp3) is 0.0625. The van der Waals surface area contributed by atoms with Gasteiger partial charge in [0.2, 0.25) is 0 Å². The zero-order valence-electron chi connectivity index (χ0n) is 10.6. The number of thiazole rings is 1. The van der Waals surface area contributed by atoms with Gasteiger partial charge in [0.05, 0.1) is 0 Å². The Bertz CT molecular complexity index is 679. The van der Waals surface area contributed by atoms with E-state index in [2.05, 4.69) is 41.4 Å². The van der Waals surface area contributed by atoms with E-state index in [9.17, 15) is 0 Å². The first-order chi connectivity index (χ1) is 9.79. The molecule has 3 rings (SSSR count). The Morgan fingerprint density at radius 3 is 2.30 bits per heavy atom. The Kier molecular flexibility index (Phi) is 4.00. The molecule has 0 saturated heterocycles. The summed E-state index contributed by atoms with van der Waals surface area (Å²) in [6.07, 6.45) is 0.921. The molecular weight excluding hydrogens is 290 g/mol. The lowest BCUT2D eigenvalue weighted by Crippen LogP contribution is -1.88. The highest BCUT2D eigenvalue weighted by Crippen LogP contribution is 2.27. The van der Waals surface area contributed by atoms with Crippen molar-refractivity contribution in [3.63, 3.8) is 0 Å². The summed E-state index contributed by atoms with van der Waals surface area (Å²) in [5.74, 6) is 0.771. The van der Waals surface area contributed by atoms with E-state index in [-0.39, 0.29) is 0 Å². The van der Waals surface area contributed by atoms with Gasteiger partial charge in [0, 0.05) is 5.38 Å². The summed E-state index contributed by atoms with van der Waals surface area (Å²) in [4.78, 5) is 4.06. The minimum Gasteiger partial charge on any atom is -0.431 e.